The first-order valence-corrected chi connectivity index (χ1v) is 4.75. The first-order valence-electron chi connectivity index (χ1n) is 4.31. The predicted molar refractivity (Wildman–Crippen MR) is 49.8 cm³/mol. The molecule has 1 nitrogen and oxygen atoms in total. The van der Waals surface area contributed by atoms with E-state index in [-0.39, 0.29) is 0 Å². The van der Waals surface area contributed by atoms with Gasteiger partial charge in [-0.25, -0.2) is 0 Å². The van der Waals surface area contributed by atoms with Crippen molar-refractivity contribution in [3.05, 3.63) is 11.6 Å². The third-order valence-electron chi connectivity index (χ3n) is 2.31. The highest BCUT2D eigenvalue weighted by atomic mass is 35.5. The van der Waals surface area contributed by atoms with E-state index in [9.17, 15) is 0 Å². The van der Waals surface area contributed by atoms with Gasteiger partial charge in [0.15, 0.2) is 0 Å². The Bertz CT molecular complexity index is 134. The van der Waals surface area contributed by atoms with E-state index >= 15 is 0 Å². The van der Waals surface area contributed by atoms with Crippen LogP contribution in [0.2, 0.25) is 0 Å². The molecule has 11 heavy (non-hydrogen) atoms. The molecule has 1 aliphatic rings. The van der Waals surface area contributed by atoms with Crippen LogP contribution >= 0.6 is 11.6 Å². The van der Waals surface area contributed by atoms with Crippen LogP contribution in [0.3, 0.4) is 0 Å². The van der Waals surface area contributed by atoms with Gasteiger partial charge in [-0.2, -0.15) is 0 Å². The average Bonchev–Trinajstić information content (AvgIpc) is 2.37. The van der Waals surface area contributed by atoms with Gasteiger partial charge in [0.25, 0.3) is 0 Å². The Morgan fingerprint density at radius 1 is 1.55 bits per heavy atom. The second-order valence-corrected chi connectivity index (χ2v) is 3.64. The van der Waals surface area contributed by atoms with Crippen LogP contribution < -0.4 is 5.32 Å². The fourth-order valence-electron chi connectivity index (χ4n) is 1.67. The highest BCUT2D eigenvalue weighted by molar-refractivity contribution is 6.25. The molecule has 0 aromatic rings. The van der Waals surface area contributed by atoms with Crippen LogP contribution in [0, 0.1) is 5.92 Å². The van der Waals surface area contributed by atoms with Gasteiger partial charge in [0.2, 0.25) is 0 Å². The largest absolute Gasteiger partial charge is 0.310 e. The first-order chi connectivity index (χ1) is 5.33. The van der Waals surface area contributed by atoms with Crippen molar-refractivity contribution in [3.63, 3.8) is 0 Å². The van der Waals surface area contributed by atoms with Gasteiger partial charge in [-0.05, 0) is 25.2 Å². The predicted octanol–water partition coefficient (Wildman–Crippen LogP) is 2.52. The van der Waals surface area contributed by atoms with E-state index in [0.717, 1.165) is 18.5 Å². The van der Waals surface area contributed by atoms with Crippen molar-refractivity contribution in [3.8, 4) is 0 Å². The Kier molecular flexibility index (Phi) is 3.95. The zero-order valence-electron chi connectivity index (χ0n) is 7.02. The second-order valence-electron chi connectivity index (χ2n) is 3.39. The van der Waals surface area contributed by atoms with Crippen molar-refractivity contribution in [1.82, 2.24) is 5.32 Å². The van der Waals surface area contributed by atoms with E-state index in [2.05, 4.69) is 12.2 Å². The van der Waals surface area contributed by atoms with Crippen LogP contribution in [0.4, 0.5) is 0 Å². The van der Waals surface area contributed by atoms with Crippen molar-refractivity contribution < 1.29 is 0 Å². The van der Waals surface area contributed by atoms with Crippen LogP contribution in [0.5, 0.6) is 0 Å². The summed E-state index contributed by atoms with van der Waals surface area (Å²) in [5.74, 6) is 0.910. The highest BCUT2D eigenvalue weighted by Gasteiger charge is 2.19. The number of rotatable bonds is 3. The summed E-state index contributed by atoms with van der Waals surface area (Å²) in [5, 5.41) is 3.44. The summed E-state index contributed by atoms with van der Waals surface area (Å²) in [5.41, 5.74) is 1.57. The molecule has 2 atom stereocenters. The highest BCUT2D eigenvalue weighted by Crippen LogP contribution is 2.24. The van der Waals surface area contributed by atoms with Gasteiger partial charge in [-0.1, -0.05) is 24.6 Å². The van der Waals surface area contributed by atoms with Crippen LogP contribution in [0.15, 0.2) is 11.6 Å². The third kappa shape index (κ3) is 3.26. The summed E-state index contributed by atoms with van der Waals surface area (Å²) in [6.45, 7) is 3.24. The maximum atomic E-state index is 5.40. The molecule has 0 saturated heterocycles. The summed E-state index contributed by atoms with van der Waals surface area (Å²) in [6.07, 6.45) is 5.99. The molecular formula is C9H16ClN. The van der Waals surface area contributed by atoms with Gasteiger partial charge in [0.1, 0.15) is 0 Å². The topological polar surface area (TPSA) is 12.0 Å². The lowest BCUT2D eigenvalue weighted by Crippen LogP contribution is -2.26. The minimum absolute atomic E-state index is 0.734. The summed E-state index contributed by atoms with van der Waals surface area (Å²) < 4.78 is 0. The second kappa shape index (κ2) is 4.78. The van der Waals surface area contributed by atoms with E-state index in [0.29, 0.717) is 0 Å². The SMILES string of the molecule is CC1CCC(NC/C=C/Cl)C1. The van der Waals surface area contributed by atoms with E-state index in [1.165, 1.54) is 19.3 Å². The summed E-state index contributed by atoms with van der Waals surface area (Å²) in [7, 11) is 0. The molecule has 1 fully saturated rings. The van der Waals surface area contributed by atoms with Crippen LogP contribution in [0.1, 0.15) is 26.2 Å². The minimum atomic E-state index is 0.734. The monoisotopic (exact) mass is 173 g/mol. The molecule has 1 rings (SSSR count). The van der Waals surface area contributed by atoms with Gasteiger partial charge in [0.05, 0.1) is 0 Å². The molecule has 2 unspecified atom stereocenters. The lowest BCUT2D eigenvalue weighted by atomic mass is 10.1. The Morgan fingerprint density at radius 2 is 2.36 bits per heavy atom. The Labute approximate surface area is 73.8 Å². The molecular weight excluding hydrogens is 158 g/mol. The molecule has 0 aliphatic heterocycles. The van der Waals surface area contributed by atoms with Crippen molar-refractivity contribution >= 4 is 11.6 Å². The van der Waals surface area contributed by atoms with Gasteiger partial charge in [0, 0.05) is 18.1 Å². The quantitative estimate of drug-likeness (QED) is 0.692. The van der Waals surface area contributed by atoms with Crippen LogP contribution in [-0.2, 0) is 0 Å². The zero-order valence-corrected chi connectivity index (χ0v) is 7.77. The van der Waals surface area contributed by atoms with Crippen LogP contribution in [-0.4, -0.2) is 12.6 Å². The molecule has 0 spiro atoms. The van der Waals surface area contributed by atoms with Gasteiger partial charge in [-0.15, -0.1) is 0 Å². The molecule has 0 bridgehead atoms. The molecule has 0 radical (unpaired) electrons. The third-order valence-corrected chi connectivity index (χ3v) is 2.49. The van der Waals surface area contributed by atoms with E-state index in [1.807, 2.05) is 6.08 Å². The normalized spacial score (nSPS) is 31.8. The maximum Gasteiger partial charge on any atom is 0.0149 e. The number of halogens is 1. The average molecular weight is 174 g/mol. The Balaban J connectivity index is 2.08. The standard InChI is InChI=1S/C9H16ClN/c1-8-3-4-9(7-8)11-6-2-5-10/h2,5,8-9,11H,3-4,6-7H2,1H3/b5-2+. The summed E-state index contributed by atoms with van der Waals surface area (Å²) in [4.78, 5) is 0. The van der Waals surface area contributed by atoms with Crippen molar-refractivity contribution in [2.45, 2.75) is 32.2 Å². The zero-order chi connectivity index (χ0) is 8.10. The fourth-order valence-corrected chi connectivity index (χ4v) is 1.76. The van der Waals surface area contributed by atoms with Gasteiger partial charge >= 0.3 is 0 Å². The van der Waals surface area contributed by atoms with Crippen molar-refractivity contribution in [1.29, 1.82) is 0 Å². The number of nitrogens with one attached hydrogen (secondary N) is 1. The lowest BCUT2D eigenvalue weighted by Gasteiger charge is -2.09. The summed E-state index contributed by atoms with van der Waals surface area (Å²) in [6, 6.07) is 0.734. The number of hydrogen-bond donors (Lipinski definition) is 1. The van der Waals surface area contributed by atoms with E-state index in [1.54, 1.807) is 5.54 Å². The van der Waals surface area contributed by atoms with E-state index in [4.69, 9.17) is 11.6 Å². The van der Waals surface area contributed by atoms with E-state index < -0.39 is 0 Å². The molecule has 1 N–H and O–H groups in total. The molecule has 1 saturated carbocycles. The van der Waals surface area contributed by atoms with Crippen LogP contribution in [0.25, 0.3) is 0 Å². The number of hydrogen-bond acceptors (Lipinski definition) is 1. The fraction of sp³-hybridized carbons (Fsp3) is 0.778. The Hall–Kier alpha value is -0.0100. The van der Waals surface area contributed by atoms with Gasteiger partial charge < -0.3 is 5.32 Å². The Morgan fingerprint density at radius 3 is 2.91 bits per heavy atom. The van der Waals surface area contributed by atoms with Gasteiger partial charge in [-0.3, -0.25) is 0 Å². The minimum Gasteiger partial charge on any atom is -0.310 e. The smallest absolute Gasteiger partial charge is 0.0149 e. The lowest BCUT2D eigenvalue weighted by molar-refractivity contribution is 0.527. The molecule has 0 aromatic carbocycles. The molecule has 0 heterocycles. The van der Waals surface area contributed by atoms with Crippen molar-refractivity contribution in [2.75, 3.05) is 6.54 Å². The molecule has 64 valence electrons. The molecule has 0 amide bonds. The summed E-state index contributed by atoms with van der Waals surface area (Å²) >= 11 is 5.40. The molecule has 2 heteroatoms. The van der Waals surface area contributed by atoms with Crippen molar-refractivity contribution in [2.24, 2.45) is 5.92 Å². The first kappa shape index (κ1) is 9.08. The maximum absolute atomic E-state index is 5.40. The molecule has 0 aromatic heterocycles. The molecule has 1 aliphatic carbocycles.